The third-order valence-corrected chi connectivity index (χ3v) is 3.32. The smallest absolute Gasteiger partial charge is 0.142 e. The Morgan fingerprint density at radius 3 is 2.73 bits per heavy atom. The maximum atomic E-state index is 5.97. The SMILES string of the molecule is Clc1ccc2ccc3c(Br)coc3c2c1. The lowest BCUT2D eigenvalue weighted by atomic mass is 10.1. The first-order chi connectivity index (χ1) is 7.25. The summed E-state index contributed by atoms with van der Waals surface area (Å²) in [5.74, 6) is 0. The van der Waals surface area contributed by atoms with Gasteiger partial charge in [0.25, 0.3) is 0 Å². The highest BCUT2D eigenvalue weighted by Gasteiger charge is 2.07. The summed E-state index contributed by atoms with van der Waals surface area (Å²) in [4.78, 5) is 0. The van der Waals surface area contributed by atoms with Gasteiger partial charge in [0.2, 0.25) is 0 Å². The zero-order chi connectivity index (χ0) is 10.4. The minimum Gasteiger partial charge on any atom is -0.462 e. The second-order valence-electron chi connectivity index (χ2n) is 3.39. The normalized spacial score (nSPS) is 11.3. The van der Waals surface area contributed by atoms with E-state index in [1.54, 1.807) is 6.26 Å². The maximum absolute atomic E-state index is 5.97. The first-order valence-electron chi connectivity index (χ1n) is 4.51. The summed E-state index contributed by atoms with van der Waals surface area (Å²) in [7, 11) is 0. The minimum absolute atomic E-state index is 0.725. The van der Waals surface area contributed by atoms with Crippen molar-refractivity contribution in [3.63, 3.8) is 0 Å². The van der Waals surface area contributed by atoms with E-state index in [0.29, 0.717) is 0 Å². The highest BCUT2D eigenvalue weighted by atomic mass is 79.9. The van der Waals surface area contributed by atoms with E-state index in [2.05, 4.69) is 22.0 Å². The van der Waals surface area contributed by atoms with Crippen molar-refractivity contribution in [3.05, 3.63) is 46.1 Å². The number of furan rings is 1. The predicted molar refractivity (Wildman–Crippen MR) is 66.4 cm³/mol. The van der Waals surface area contributed by atoms with Crippen molar-refractivity contribution in [1.82, 2.24) is 0 Å². The minimum atomic E-state index is 0.725. The fourth-order valence-corrected chi connectivity index (χ4v) is 2.33. The maximum Gasteiger partial charge on any atom is 0.142 e. The summed E-state index contributed by atoms with van der Waals surface area (Å²) >= 11 is 9.42. The topological polar surface area (TPSA) is 13.1 Å². The van der Waals surface area contributed by atoms with Crippen molar-refractivity contribution in [1.29, 1.82) is 0 Å². The fourth-order valence-electron chi connectivity index (χ4n) is 1.75. The summed E-state index contributed by atoms with van der Waals surface area (Å²) in [5.41, 5.74) is 0.877. The van der Waals surface area contributed by atoms with Gasteiger partial charge in [-0.05, 0) is 39.5 Å². The molecule has 0 fully saturated rings. The molecule has 0 amide bonds. The summed E-state index contributed by atoms with van der Waals surface area (Å²) in [6, 6.07) is 9.91. The quantitative estimate of drug-likeness (QED) is 0.565. The summed E-state index contributed by atoms with van der Waals surface area (Å²) in [6.07, 6.45) is 1.70. The van der Waals surface area contributed by atoms with Crippen LogP contribution in [0.1, 0.15) is 0 Å². The van der Waals surface area contributed by atoms with E-state index in [4.69, 9.17) is 16.0 Å². The molecule has 0 N–H and O–H groups in total. The number of hydrogen-bond acceptors (Lipinski definition) is 1. The van der Waals surface area contributed by atoms with E-state index in [1.807, 2.05) is 24.3 Å². The Kier molecular flexibility index (Phi) is 2.01. The molecule has 15 heavy (non-hydrogen) atoms. The number of fused-ring (bicyclic) bond motifs is 3. The van der Waals surface area contributed by atoms with Crippen molar-refractivity contribution in [2.24, 2.45) is 0 Å². The Morgan fingerprint density at radius 2 is 1.87 bits per heavy atom. The van der Waals surface area contributed by atoms with Crippen molar-refractivity contribution in [3.8, 4) is 0 Å². The van der Waals surface area contributed by atoms with E-state index < -0.39 is 0 Å². The molecule has 0 aliphatic heterocycles. The monoisotopic (exact) mass is 280 g/mol. The molecule has 0 radical (unpaired) electrons. The average molecular weight is 282 g/mol. The largest absolute Gasteiger partial charge is 0.462 e. The van der Waals surface area contributed by atoms with Crippen LogP contribution in [0.4, 0.5) is 0 Å². The number of hydrogen-bond donors (Lipinski definition) is 0. The van der Waals surface area contributed by atoms with Gasteiger partial charge in [-0.3, -0.25) is 0 Å². The van der Waals surface area contributed by atoms with E-state index in [1.165, 1.54) is 0 Å². The van der Waals surface area contributed by atoms with Crippen LogP contribution in [0.25, 0.3) is 21.7 Å². The second-order valence-corrected chi connectivity index (χ2v) is 4.68. The Morgan fingerprint density at radius 1 is 1.07 bits per heavy atom. The third-order valence-electron chi connectivity index (χ3n) is 2.47. The van der Waals surface area contributed by atoms with Crippen LogP contribution >= 0.6 is 27.5 Å². The molecule has 3 rings (SSSR count). The van der Waals surface area contributed by atoms with Crippen LogP contribution in [0, 0.1) is 0 Å². The molecular weight excluding hydrogens is 275 g/mol. The number of halogens is 2. The van der Waals surface area contributed by atoms with Gasteiger partial charge in [0.1, 0.15) is 11.8 Å². The molecule has 0 saturated carbocycles. The van der Waals surface area contributed by atoms with Gasteiger partial charge in [-0.1, -0.05) is 23.7 Å². The van der Waals surface area contributed by atoms with Crippen LogP contribution < -0.4 is 0 Å². The molecule has 3 aromatic rings. The standard InChI is InChI=1S/C12H6BrClO/c13-11-6-15-12-9(11)4-2-7-1-3-8(14)5-10(7)12/h1-6H. The van der Waals surface area contributed by atoms with Gasteiger partial charge in [0.15, 0.2) is 0 Å². The lowest BCUT2D eigenvalue weighted by Gasteiger charge is -1.99. The third kappa shape index (κ3) is 1.36. The zero-order valence-corrected chi connectivity index (χ0v) is 9.97. The Balaban J connectivity index is 2.57. The van der Waals surface area contributed by atoms with E-state index in [0.717, 1.165) is 31.2 Å². The highest BCUT2D eigenvalue weighted by Crippen LogP contribution is 2.33. The zero-order valence-electron chi connectivity index (χ0n) is 7.63. The van der Waals surface area contributed by atoms with E-state index >= 15 is 0 Å². The molecule has 0 aliphatic rings. The van der Waals surface area contributed by atoms with Crippen LogP contribution in [-0.2, 0) is 0 Å². The lowest BCUT2D eigenvalue weighted by Crippen LogP contribution is -1.73. The van der Waals surface area contributed by atoms with Gasteiger partial charge in [-0.2, -0.15) is 0 Å². The molecule has 0 unspecified atom stereocenters. The highest BCUT2D eigenvalue weighted by molar-refractivity contribution is 9.10. The molecule has 0 spiro atoms. The molecular formula is C12H6BrClO. The van der Waals surface area contributed by atoms with Crippen LogP contribution in [0.3, 0.4) is 0 Å². The molecule has 0 bridgehead atoms. The Bertz CT molecular complexity index is 657. The Hall–Kier alpha value is -0.990. The summed E-state index contributed by atoms with van der Waals surface area (Å²) in [6.45, 7) is 0. The van der Waals surface area contributed by atoms with Crippen LogP contribution in [-0.4, -0.2) is 0 Å². The first-order valence-corrected chi connectivity index (χ1v) is 5.68. The van der Waals surface area contributed by atoms with E-state index in [9.17, 15) is 0 Å². The molecule has 1 heterocycles. The van der Waals surface area contributed by atoms with Crippen molar-refractivity contribution in [2.75, 3.05) is 0 Å². The van der Waals surface area contributed by atoms with Crippen LogP contribution in [0.2, 0.25) is 5.02 Å². The fraction of sp³-hybridized carbons (Fsp3) is 0. The summed E-state index contributed by atoms with van der Waals surface area (Å²) < 4.78 is 6.48. The predicted octanol–water partition coefficient (Wildman–Crippen LogP) is 5.00. The molecule has 0 aliphatic carbocycles. The van der Waals surface area contributed by atoms with E-state index in [-0.39, 0.29) is 0 Å². The molecule has 2 aromatic carbocycles. The molecule has 0 atom stereocenters. The molecule has 1 aromatic heterocycles. The first kappa shape index (κ1) is 9.25. The van der Waals surface area contributed by atoms with Crippen molar-refractivity contribution < 1.29 is 4.42 Å². The van der Waals surface area contributed by atoms with Gasteiger partial charge in [-0.15, -0.1) is 0 Å². The second kappa shape index (κ2) is 3.26. The van der Waals surface area contributed by atoms with Gasteiger partial charge >= 0.3 is 0 Å². The Labute approximate surface area is 99.8 Å². The molecule has 1 nitrogen and oxygen atoms in total. The van der Waals surface area contributed by atoms with Gasteiger partial charge in [0, 0.05) is 15.8 Å². The lowest BCUT2D eigenvalue weighted by molar-refractivity contribution is 0.617. The van der Waals surface area contributed by atoms with Gasteiger partial charge in [-0.25, -0.2) is 0 Å². The van der Waals surface area contributed by atoms with Crippen molar-refractivity contribution in [2.45, 2.75) is 0 Å². The van der Waals surface area contributed by atoms with Crippen molar-refractivity contribution >= 4 is 49.3 Å². The number of benzene rings is 2. The van der Waals surface area contributed by atoms with Gasteiger partial charge < -0.3 is 4.42 Å². The van der Waals surface area contributed by atoms with Crippen LogP contribution in [0.15, 0.2) is 45.5 Å². The molecule has 3 heteroatoms. The van der Waals surface area contributed by atoms with Gasteiger partial charge in [0.05, 0.1) is 4.47 Å². The average Bonchev–Trinajstić information content (AvgIpc) is 2.61. The summed E-state index contributed by atoms with van der Waals surface area (Å²) in [5, 5.41) is 3.98. The number of rotatable bonds is 0. The van der Waals surface area contributed by atoms with Crippen LogP contribution in [0.5, 0.6) is 0 Å². The molecule has 74 valence electrons. The molecule has 0 saturated heterocycles.